The molecular formula is C17H23NO4S. The Morgan fingerprint density at radius 2 is 1.87 bits per heavy atom. The van der Waals surface area contributed by atoms with E-state index in [-0.39, 0.29) is 30.6 Å². The molecule has 1 aliphatic rings. The Kier molecular flexibility index (Phi) is 5.37. The summed E-state index contributed by atoms with van der Waals surface area (Å²) in [6.45, 7) is 6.69. The zero-order valence-corrected chi connectivity index (χ0v) is 15.0. The van der Waals surface area contributed by atoms with Crippen LogP contribution in [0.1, 0.15) is 39.4 Å². The molecule has 0 radical (unpaired) electrons. The van der Waals surface area contributed by atoms with Gasteiger partial charge in [0, 0.05) is 18.7 Å². The molecule has 1 aliphatic heterocycles. The van der Waals surface area contributed by atoms with Crippen molar-refractivity contribution in [3.63, 3.8) is 0 Å². The van der Waals surface area contributed by atoms with Crippen LogP contribution in [-0.2, 0) is 19.1 Å². The average Bonchev–Trinajstić information content (AvgIpc) is 2.76. The highest BCUT2D eigenvalue weighted by molar-refractivity contribution is 7.98. The summed E-state index contributed by atoms with van der Waals surface area (Å²) in [6, 6.07) is 7.70. The first-order valence-corrected chi connectivity index (χ1v) is 8.74. The maximum Gasteiger partial charge on any atom is 0.302 e. The topological polar surface area (TPSA) is 55.8 Å². The number of thioether (sulfide) groups is 1. The van der Waals surface area contributed by atoms with Gasteiger partial charge in [0.05, 0.1) is 6.04 Å². The summed E-state index contributed by atoms with van der Waals surface area (Å²) >= 11 is 1.67. The molecule has 0 aromatic heterocycles. The van der Waals surface area contributed by atoms with Gasteiger partial charge < -0.3 is 14.4 Å². The Morgan fingerprint density at radius 3 is 2.35 bits per heavy atom. The maximum absolute atomic E-state index is 12.1. The molecule has 6 heteroatoms. The van der Waals surface area contributed by atoms with E-state index in [1.165, 1.54) is 13.8 Å². The average molecular weight is 337 g/mol. The lowest BCUT2D eigenvalue weighted by atomic mass is 10.0. The Morgan fingerprint density at radius 1 is 1.26 bits per heavy atom. The molecule has 2 rings (SSSR count). The summed E-state index contributed by atoms with van der Waals surface area (Å²) < 4.78 is 11.3. The van der Waals surface area contributed by atoms with Crippen LogP contribution in [-0.4, -0.2) is 41.4 Å². The van der Waals surface area contributed by atoms with Crippen LogP contribution in [0.4, 0.5) is 0 Å². The summed E-state index contributed by atoms with van der Waals surface area (Å²) in [7, 11) is 0. The van der Waals surface area contributed by atoms with E-state index in [1.54, 1.807) is 16.7 Å². The molecule has 0 unspecified atom stereocenters. The number of benzene rings is 1. The minimum atomic E-state index is -0.751. The third-order valence-electron chi connectivity index (χ3n) is 3.92. The maximum atomic E-state index is 12.1. The predicted molar refractivity (Wildman–Crippen MR) is 89.1 cm³/mol. The summed E-state index contributed by atoms with van der Waals surface area (Å²) in [5.41, 5.74) is 0.219. The fraction of sp³-hybridized carbons (Fsp3) is 0.529. The molecule has 1 amide bonds. The Hall–Kier alpha value is -1.53. The number of hydrogen-bond donors (Lipinski definition) is 0. The van der Waals surface area contributed by atoms with E-state index in [1.807, 2.05) is 44.4 Å². The molecule has 126 valence electrons. The van der Waals surface area contributed by atoms with Gasteiger partial charge in [0.2, 0.25) is 5.91 Å². The van der Waals surface area contributed by atoms with Crippen molar-refractivity contribution in [2.75, 3.05) is 12.9 Å². The molecule has 23 heavy (non-hydrogen) atoms. The number of hydrogen-bond acceptors (Lipinski definition) is 5. The highest BCUT2D eigenvalue weighted by Gasteiger charge is 2.49. The number of carbonyl (C=O) groups is 2. The number of esters is 1. The van der Waals surface area contributed by atoms with Crippen molar-refractivity contribution in [1.29, 1.82) is 0 Å². The van der Waals surface area contributed by atoms with Gasteiger partial charge in [0.1, 0.15) is 18.4 Å². The SMILES string of the molecule is CSc1ccc([C@@H]2OC(C)(C)N(C(C)=O)[C@H]2COC(C)=O)cc1. The van der Waals surface area contributed by atoms with E-state index in [0.717, 1.165) is 10.5 Å². The van der Waals surface area contributed by atoms with Gasteiger partial charge in [-0.15, -0.1) is 11.8 Å². The summed E-state index contributed by atoms with van der Waals surface area (Å²) in [5.74, 6) is -0.468. The Bertz CT molecular complexity index is 585. The highest BCUT2D eigenvalue weighted by Crippen LogP contribution is 2.41. The quantitative estimate of drug-likeness (QED) is 0.624. The molecule has 1 aromatic carbocycles. The first kappa shape index (κ1) is 17.8. The predicted octanol–water partition coefficient (Wildman–Crippen LogP) is 3.00. The van der Waals surface area contributed by atoms with E-state index in [2.05, 4.69) is 0 Å². The number of ether oxygens (including phenoxy) is 2. The van der Waals surface area contributed by atoms with Crippen LogP contribution >= 0.6 is 11.8 Å². The lowest BCUT2D eigenvalue weighted by Crippen LogP contribution is -2.48. The van der Waals surface area contributed by atoms with Crippen molar-refractivity contribution in [2.45, 2.75) is 50.5 Å². The highest BCUT2D eigenvalue weighted by atomic mass is 32.2. The Balaban J connectivity index is 2.33. The largest absolute Gasteiger partial charge is 0.464 e. The third-order valence-corrected chi connectivity index (χ3v) is 4.66. The smallest absolute Gasteiger partial charge is 0.302 e. The number of carbonyl (C=O) groups excluding carboxylic acids is 2. The normalized spacial score (nSPS) is 22.9. The van der Waals surface area contributed by atoms with Crippen molar-refractivity contribution >= 4 is 23.6 Å². The van der Waals surface area contributed by atoms with Crippen molar-refractivity contribution < 1.29 is 19.1 Å². The van der Waals surface area contributed by atoms with Gasteiger partial charge >= 0.3 is 5.97 Å². The van der Waals surface area contributed by atoms with Crippen molar-refractivity contribution in [3.05, 3.63) is 29.8 Å². The van der Waals surface area contributed by atoms with Crippen LogP contribution in [0.3, 0.4) is 0 Å². The molecule has 1 fully saturated rings. The second-order valence-electron chi connectivity index (χ2n) is 6.02. The number of rotatable bonds is 4. The molecule has 0 N–H and O–H groups in total. The van der Waals surface area contributed by atoms with E-state index in [9.17, 15) is 9.59 Å². The van der Waals surface area contributed by atoms with Gasteiger partial charge in [-0.3, -0.25) is 9.59 Å². The summed E-state index contributed by atoms with van der Waals surface area (Å²) in [6.07, 6.45) is 1.69. The van der Waals surface area contributed by atoms with Crippen molar-refractivity contribution in [3.8, 4) is 0 Å². The van der Waals surface area contributed by atoms with Crippen LogP contribution in [0.5, 0.6) is 0 Å². The van der Waals surface area contributed by atoms with Crippen molar-refractivity contribution in [2.24, 2.45) is 0 Å². The lowest BCUT2D eigenvalue weighted by molar-refractivity contribution is -0.150. The molecular weight excluding hydrogens is 314 g/mol. The zero-order valence-electron chi connectivity index (χ0n) is 14.2. The van der Waals surface area contributed by atoms with E-state index in [4.69, 9.17) is 9.47 Å². The van der Waals surface area contributed by atoms with Gasteiger partial charge in [0.25, 0.3) is 0 Å². The minimum Gasteiger partial charge on any atom is -0.464 e. The molecule has 0 aliphatic carbocycles. The fourth-order valence-electron chi connectivity index (χ4n) is 3.04. The molecule has 1 saturated heterocycles. The first-order chi connectivity index (χ1) is 10.8. The van der Waals surface area contributed by atoms with Gasteiger partial charge in [0.15, 0.2) is 0 Å². The third kappa shape index (κ3) is 3.87. The van der Waals surface area contributed by atoms with Gasteiger partial charge in [-0.05, 0) is 37.8 Å². The lowest BCUT2D eigenvalue weighted by Gasteiger charge is -2.32. The summed E-state index contributed by atoms with van der Waals surface area (Å²) in [5, 5.41) is 0. The van der Waals surface area contributed by atoms with Crippen LogP contribution in [0.25, 0.3) is 0 Å². The molecule has 0 saturated carbocycles. The van der Waals surface area contributed by atoms with E-state index >= 15 is 0 Å². The standard InChI is InChI=1S/C17H23NO4S/c1-11(19)18-15(10-21-12(2)20)16(22-17(18,3)4)13-6-8-14(23-5)9-7-13/h6-9,15-16H,10H2,1-5H3/t15-,16-/m0/s1. The minimum absolute atomic E-state index is 0.101. The van der Waals surface area contributed by atoms with E-state index in [0.29, 0.717) is 0 Å². The van der Waals surface area contributed by atoms with Crippen LogP contribution < -0.4 is 0 Å². The second-order valence-corrected chi connectivity index (χ2v) is 6.90. The van der Waals surface area contributed by atoms with E-state index < -0.39 is 5.72 Å². The molecule has 1 heterocycles. The van der Waals surface area contributed by atoms with Crippen LogP contribution in [0, 0.1) is 0 Å². The first-order valence-electron chi connectivity index (χ1n) is 7.51. The molecule has 1 aromatic rings. The van der Waals surface area contributed by atoms with Gasteiger partial charge in [-0.25, -0.2) is 0 Å². The van der Waals surface area contributed by atoms with Crippen LogP contribution in [0.2, 0.25) is 0 Å². The molecule has 0 spiro atoms. The summed E-state index contributed by atoms with van der Waals surface area (Å²) in [4.78, 5) is 26.1. The Labute approximate surface area is 141 Å². The monoisotopic (exact) mass is 337 g/mol. The van der Waals surface area contributed by atoms with Crippen LogP contribution in [0.15, 0.2) is 29.2 Å². The second kappa shape index (κ2) is 6.93. The molecule has 5 nitrogen and oxygen atoms in total. The zero-order chi connectivity index (χ0) is 17.2. The molecule has 2 atom stereocenters. The van der Waals surface area contributed by atoms with Crippen molar-refractivity contribution in [1.82, 2.24) is 4.90 Å². The number of nitrogens with zero attached hydrogens (tertiary/aromatic N) is 1. The van der Waals surface area contributed by atoms with Gasteiger partial charge in [-0.2, -0.15) is 0 Å². The van der Waals surface area contributed by atoms with Gasteiger partial charge in [-0.1, -0.05) is 12.1 Å². The molecule has 0 bridgehead atoms. The fourth-order valence-corrected chi connectivity index (χ4v) is 3.45. The number of amides is 1.